The van der Waals surface area contributed by atoms with Crippen molar-refractivity contribution in [2.24, 2.45) is 0 Å². The summed E-state index contributed by atoms with van der Waals surface area (Å²) in [5.74, 6) is 2.33. The Labute approximate surface area is 562 Å². The van der Waals surface area contributed by atoms with Gasteiger partial charge in [0.25, 0.3) is 6.71 Å². The normalized spacial score (nSPS) is 13.1. The molecular weight excluding hydrogens is 1180 g/mol. The molecule has 3 aromatic heterocycles. The summed E-state index contributed by atoms with van der Waals surface area (Å²) >= 11 is 0. The summed E-state index contributed by atoms with van der Waals surface area (Å²) in [6, 6.07) is 115. The average molecular weight is 1240 g/mol. The van der Waals surface area contributed by atoms with Gasteiger partial charge in [-0.25, -0.2) is 24.9 Å². The molecule has 0 spiro atoms. The minimum Gasteiger partial charge on any atom is -0.311 e. The van der Waals surface area contributed by atoms with Crippen LogP contribution in [0, 0.1) is 0 Å². The molecule has 0 unspecified atom stereocenters. The van der Waals surface area contributed by atoms with Crippen LogP contribution >= 0.6 is 0 Å². The quantitative estimate of drug-likeness (QED) is 0.126. The monoisotopic (exact) mass is 1240 g/mol. The van der Waals surface area contributed by atoms with Gasteiger partial charge in [-0.1, -0.05) is 244 Å². The maximum absolute atomic E-state index is 5.70. The van der Waals surface area contributed by atoms with E-state index in [1.165, 1.54) is 72.2 Å². The highest BCUT2D eigenvalue weighted by molar-refractivity contribution is 7.00. The van der Waals surface area contributed by atoms with Crippen LogP contribution in [0.5, 0.6) is 0 Å². The average Bonchev–Trinajstić information content (AvgIpc) is 1.55. The first-order chi connectivity index (χ1) is 47.9. The lowest BCUT2D eigenvalue weighted by molar-refractivity contribution is 0.661. The van der Waals surface area contributed by atoms with Crippen molar-refractivity contribution in [3.05, 3.63) is 333 Å². The molecule has 16 aromatic rings. The van der Waals surface area contributed by atoms with E-state index in [1.54, 1.807) is 0 Å². The van der Waals surface area contributed by atoms with E-state index in [4.69, 9.17) is 24.9 Å². The van der Waals surface area contributed by atoms with Gasteiger partial charge in [0.1, 0.15) is 0 Å². The van der Waals surface area contributed by atoms with E-state index in [0.29, 0.717) is 23.3 Å². The molecule has 0 atom stereocenters. The van der Waals surface area contributed by atoms with Gasteiger partial charge in [0, 0.05) is 83.7 Å². The van der Waals surface area contributed by atoms with Gasteiger partial charge in [0.05, 0.1) is 28.1 Å². The molecule has 8 nitrogen and oxygen atoms in total. The molecule has 9 heteroatoms. The Morgan fingerprint density at radius 1 is 0.278 bits per heavy atom. The molecule has 19 rings (SSSR count). The fraction of sp³-hybridized carbons (Fsp3) is 0.0341. The van der Waals surface area contributed by atoms with Crippen LogP contribution in [0.2, 0.25) is 0 Å². The van der Waals surface area contributed by atoms with Gasteiger partial charge in [0.15, 0.2) is 23.3 Å². The largest absolute Gasteiger partial charge is 0.311 e. The molecule has 2 aliphatic heterocycles. The van der Waals surface area contributed by atoms with Crippen molar-refractivity contribution >= 4 is 79.0 Å². The summed E-state index contributed by atoms with van der Waals surface area (Å²) in [6.07, 6.45) is 0. The lowest BCUT2D eigenvalue weighted by Crippen LogP contribution is -2.61. The van der Waals surface area contributed by atoms with E-state index in [2.05, 4.69) is 313 Å². The second-order valence-electron chi connectivity index (χ2n) is 25.9. The lowest BCUT2D eigenvalue weighted by Gasteiger charge is -2.44. The summed E-state index contributed by atoms with van der Waals surface area (Å²) in [7, 11) is 0. The fourth-order valence-corrected chi connectivity index (χ4v) is 15.5. The van der Waals surface area contributed by atoms with Gasteiger partial charge >= 0.3 is 0 Å². The fourth-order valence-electron chi connectivity index (χ4n) is 15.5. The third-order valence-electron chi connectivity index (χ3n) is 20.0. The van der Waals surface area contributed by atoms with Crippen molar-refractivity contribution < 1.29 is 0 Å². The Bertz CT molecular complexity index is 5760. The number of anilines is 6. The van der Waals surface area contributed by atoms with Gasteiger partial charge in [-0.05, 0) is 141 Å². The van der Waals surface area contributed by atoms with Gasteiger partial charge in [-0.3, -0.25) is 0 Å². The highest BCUT2D eigenvalue weighted by atomic mass is 15.2. The molecular formula is C88H59BN8. The zero-order chi connectivity index (χ0) is 64.3. The number of hydrogen-bond acceptors (Lipinski definition) is 7. The molecule has 0 radical (unpaired) electrons. The molecule has 3 aliphatic rings. The van der Waals surface area contributed by atoms with E-state index in [-0.39, 0.29) is 12.1 Å². The molecule has 0 saturated carbocycles. The Balaban J connectivity index is 0.771. The second-order valence-corrected chi connectivity index (χ2v) is 25.9. The number of fused-ring (bicyclic) bond motifs is 10. The van der Waals surface area contributed by atoms with Gasteiger partial charge in [-0.2, -0.15) is 0 Å². The Morgan fingerprint density at radius 2 is 0.773 bits per heavy atom. The molecule has 0 N–H and O–H groups in total. The van der Waals surface area contributed by atoms with Crippen molar-refractivity contribution in [3.63, 3.8) is 0 Å². The summed E-state index contributed by atoms with van der Waals surface area (Å²) in [5.41, 5.74) is 28.1. The number of hydrogen-bond donors (Lipinski definition) is 0. The Hall–Kier alpha value is -12.6. The molecule has 0 saturated heterocycles. The van der Waals surface area contributed by atoms with Gasteiger partial charge < -0.3 is 14.4 Å². The number of rotatable bonds is 10. The van der Waals surface area contributed by atoms with Gasteiger partial charge in [-0.15, -0.1) is 0 Å². The van der Waals surface area contributed by atoms with Crippen molar-refractivity contribution in [2.45, 2.75) is 19.3 Å². The van der Waals surface area contributed by atoms with E-state index in [0.717, 1.165) is 84.0 Å². The zero-order valence-corrected chi connectivity index (χ0v) is 53.3. The maximum atomic E-state index is 5.70. The summed E-state index contributed by atoms with van der Waals surface area (Å²) in [5, 5.41) is 2.35. The summed E-state index contributed by atoms with van der Waals surface area (Å²) in [4.78, 5) is 31.7. The number of nitrogens with zero attached hydrogens (tertiary/aromatic N) is 8. The number of aromatic nitrogens is 6. The van der Waals surface area contributed by atoms with E-state index in [9.17, 15) is 0 Å². The minimum atomic E-state index is -0.227. The van der Waals surface area contributed by atoms with Crippen LogP contribution in [0.4, 0.5) is 34.1 Å². The van der Waals surface area contributed by atoms with Crippen LogP contribution in [-0.2, 0) is 5.41 Å². The van der Waals surface area contributed by atoms with Crippen LogP contribution in [-0.4, -0.2) is 36.2 Å². The molecule has 97 heavy (non-hydrogen) atoms. The molecule has 0 fully saturated rings. The smallest absolute Gasteiger partial charge is 0.252 e. The first kappa shape index (κ1) is 56.0. The zero-order valence-electron chi connectivity index (χ0n) is 53.3. The predicted octanol–water partition coefficient (Wildman–Crippen LogP) is 19.8. The first-order valence-corrected chi connectivity index (χ1v) is 33.2. The van der Waals surface area contributed by atoms with Gasteiger partial charge in [0.2, 0.25) is 0 Å². The van der Waals surface area contributed by atoms with E-state index in [1.807, 2.05) is 36.4 Å². The summed E-state index contributed by atoms with van der Waals surface area (Å²) in [6.45, 7) is 4.77. The van der Waals surface area contributed by atoms with Crippen LogP contribution in [0.3, 0.4) is 0 Å². The van der Waals surface area contributed by atoms with Crippen LogP contribution in [0.25, 0.3) is 118 Å². The van der Waals surface area contributed by atoms with Crippen molar-refractivity contribution in [1.29, 1.82) is 0 Å². The topological polar surface area (TPSA) is 75.9 Å². The maximum Gasteiger partial charge on any atom is 0.252 e. The molecule has 5 heterocycles. The number of benzene rings is 13. The highest BCUT2D eigenvalue weighted by Crippen LogP contribution is 2.52. The third-order valence-corrected chi connectivity index (χ3v) is 20.0. The minimum absolute atomic E-state index is 0.0572. The highest BCUT2D eigenvalue weighted by Gasteiger charge is 2.43. The molecule has 0 bridgehead atoms. The standard InChI is InChI=1S/C88H59BN8/c1-88(2)70-37-17-15-35-65(70)67-53-68-66-36-16-20-40-76(66)97(82(68)54-71(67)88)77-50-49-62(87-93-85(58-27-9-4-10-28-58)92-86(94-87)59-29-11-5-12-30-59)52-69(77)75-55-74(57-25-7-3-8-26-57)90-84(91-75)60-47-45-56(46-48-60)61-31-23-34-64(51-61)96-79-42-22-19-39-73(79)89-72-38-18-21-41-78(72)95(63-32-13-6-14-33-63)80-43-24-44-81(96)83(80)89/h3-55H,1-2H3. The van der Waals surface area contributed by atoms with Crippen LogP contribution in [0.15, 0.2) is 322 Å². The third kappa shape index (κ3) is 9.11. The van der Waals surface area contributed by atoms with Crippen LogP contribution in [0.1, 0.15) is 25.0 Å². The Morgan fingerprint density at radius 3 is 1.46 bits per heavy atom. The van der Waals surface area contributed by atoms with Crippen molar-refractivity contribution in [1.82, 2.24) is 29.5 Å². The lowest BCUT2D eigenvalue weighted by atomic mass is 9.33. The molecule has 0 amide bonds. The Kier molecular flexibility index (Phi) is 12.9. The summed E-state index contributed by atoms with van der Waals surface area (Å²) < 4.78 is 2.44. The molecule has 13 aromatic carbocycles. The van der Waals surface area contributed by atoms with Crippen molar-refractivity contribution in [2.75, 3.05) is 9.80 Å². The second kappa shape index (κ2) is 22.3. The van der Waals surface area contributed by atoms with Crippen LogP contribution < -0.4 is 26.2 Å². The first-order valence-electron chi connectivity index (χ1n) is 33.2. The van der Waals surface area contributed by atoms with E-state index >= 15 is 0 Å². The predicted molar refractivity (Wildman–Crippen MR) is 399 cm³/mol. The SMILES string of the molecule is CC1(C)c2ccccc2-c2cc3c4ccccc4n(-c4ccc(-c5nc(-c6ccccc6)nc(-c6ccccc6)n5)cc4-c4cc(-c5ccccc5)nc(-c5ccc(-c6cccc(N7c8ccccc8B8c9ccccc9N(c9ccccc9)c9cccc7c98)c6)cc5)n4)c3cc21. The number of para-hydroxylation sites is 4. The van der Waals surface area contributed by atoms with E-state index < -0.39 is 0 Å². The molecule has 454 valence electrons. The molecule has 1 aliphatic carbocycles. The van der Waals surface area contributed by atoms with Crippen molar-refractivity contribution in [3.8, 4) is 96.0 Å².